The maximum atomic E-state index is 12.8. The number of anilines is 1. The molecule has 0 spiro atoms. The molecule has 0 fully saturated rings. The third-order valence-corrected chi connectivity index (χ3v) is 4.16. The van der Waals surface area contributed by atoms with Crippen molar-refractivity contribution in [3.05, 3.63) is 47.2 Å². The van der Waals surface area contributed by atoms with E-state index in [0.717, 1.165) is 25.7 Å². The second-order valence-corrected chi connectivity index (χ2v) is 6.36. The van der Waals surface area contributed by atoms with Crippen LogP contribution in [-0.4, -0.2) is 35.0 Å². The molecule has 1 aromatic heterocycles. The molecule has 0 aliphatic heterocycles. The van der Waals surface area contributed by atoms with Crippen LogP contribution in [0.25, 0.3) is 0 Å². The Labute approximate surface area is 154 Å². The van der Waals surface area contributed by atoms with E-state index < -0.39 is 0 Å². The molecule has 2 aromatic rings. The minimum Gasteiger partial charge on any atom is -0.360 e. The summed E-state index contributed by atoms with van der Waals surface area (Å²) in [6, 6.07) is 9.20. The van der Waals surface area contributed by atoms with Crippen molar-refractivity contribution < 1.29 is 14.1 Å². The van der Waals surface area contributed by atoms with Gasteiger partial charge in [-0.1, -0.05) is 44.0 Å². The van der Waals surface area contributed by atoms with E-state index in [4.69, 9.17) is 4.52 Å². The summed E-state index contributed by atoms with van der Waals surface area (Å²) in [5.74, 6) is 0.566. The van der Waals surface area contributed by atoms with Gasteiger partial charge in [-0.15, -0.1) is 0 Å². The van der Waals surface area contributed by atoms with Crippen molar-refractivity contribution in [3.8, 4) is 0 Å². The zero-order valence-electron chi connectivity index (χ0n) is 15.7. The minimum atomic E-state index is -0.284. The number of rotatable bonds is 9. The molecule has 0 saturated heterocycles. The van der Waals surface area contributed by atoms with E-state index in [9.17, 15) is 9.59 Å². The van der Waals surface area contributed by atoms with Crippen molar-refractivity contribution in [2.45, 2.75) is 46.5 Å². The van der Waals surface area contributed by atoms with Crippen LogP contribution in [0.4, 0.5) is 5.82 Å². The number of benzene rings is 1. The molecule has 2 rings (SSSR count). The SMILES string of the molecule is CCCCCN(CC(=O)Nc1cc(C)on1)C(=O)c1ccc(CC)cc1. The molecule has 6 nitrogen and oxygen atoms in total. The Kier molecular flexibility index (Phi) is 7.38. The van der Waals surface area contributed by atoms with Crippen LogP contribution in [0.2, 0.25) is 0 Å². The standard InChI is InChI=1S/C20H27N3O3/c1-4-6-7-12-23(14-19(24)21-18-13-15(3)26-22-18)20(25)17-10-8-16(5-2)9-11-17/h8-11,13H,4-7,12,14H2,1-3H3,(H,21,22,24). The minimum absolute atomic E-state index is 0.00994. The predicted molar refractivity (Wildman–Crippen MR) is 101 cm³/mol. The van der Waals surface area contributed by atoms with E-state index in [2.05, 4.69) is 24.3 Å². The predicted octanol–water partition coefficient (Wildman–Crippen LogP) is 3.82. The zero-order valence-corrected chi connectivity index (χ0v) is 15.7. The highest BCUT2D eigenvalue weighted by Crippen LogP contribution is 2.11. The third kappa shape index (κ3) is 5.72. The molecule has 2 amide bonds. The topological polar surface area (TPSA) is 75.4 Å². The molecule has 140 valence electrons. The van der Waals surface area contributed by atoms with E-state index in [1.54, 1.807) is 17.9 Å². The quantitative estimate of drug-likeness (QED) is 0.692. The maximum Gasteiger partial charge on any atom is 0.254 e. The summed E-state index contributed by atoms with van der Waals surface area (Å²) in [6.07, 6.45) is 3.86. The van der Waals surface area contributed by atoms with Gasteiger partial charge in [0, 0.05) is 18.2 Å². The fourth-order valence-corrected chi connectivity index (χ4v) is 2.65. The lowest BCUT2D eigenvalue weighted by molar-refractivity contribution is -0.117. The molecule has 0 aliphatic rings. The molecule has 0 aliphatic carbocycles. The van der Waals surface area contributed by atoms with Gasteiger partial charge in [0.15, 0.2) is 5.82 Å². The van der Waals surface area contributed by atoms with Crippen LogP contribution >= 0.6 is 0 Å². The number of carbonyl (C=O) groups is 2. The third-order valence-electron chi connectivity index (χ3n) is 4.16. The lowest BCUT2D eigenvalue weighted by Crippen LogP contribution is -2.38. The maximum absolute atomic E-state index is 12.8. The van der Waals surface area contributed by atoms with Gasteiger partial charge in [0.1, 0.15) is 12.3 Å². The molecule has 1 N–H and O–H groups in total. The Morgan fingerprint density at radius 1 is 1.15 bits per heavy atom. The highest BCUT2D eigenvalue weighted by Gasteiger charge is 2.19. The lowest BCUT2D eigenvalue weighted by Gasteiger charge is -2.22. The van der Waals surface area contributed by atoms with Crippen LogP contribution in [0, 0.1) is 6.92 Å². The number of nitrogens with zero attached hydrogens (tertiary/aromatic N) is 2. The average molecular weight is 357 g/mol. The summed E-state index contributed by atoms with van der Waals surface area (Å²) in [6.45, 7) is 6.47. The highest BCUT2D eigenvalue weighted by atomic mass is 16.5. The van der Waals surface area contributed by atoms with Crippen LogP contribution in [0.15, 0.2) is 34.9 Å². The van der Waals surface area contributed by atoms with E-state index in [1.807, 2.05) is 24.3 Å². The van der Waals surface area contributed by atoms with Crippen molar-refractivity contribution in [2.24, 2.45) is 0 Å². The number of aryl methyl sites for hydroxylation is 2. The number of hydrogen-bond acceptors (Lipinski definition) is 4. The Bertz CT molecular complexity index is 722. The molecule has 0 bridgehead atoms. The van der Waals surface area contributed by atoms with Gasteiger partial charge in [0.25, 0.3) is 5.91 Å². The zero-order chi connectivity index (χ0) is 18.9. The number of hydrogen-bond donors (Lipinski definition) is 1. The first-order chi connectivity index (χ1) is 12.5. The highest BCUT2D eigenvalue weighted by molar-refractivity contribution is 5.99. The fourth-order valence-electron chi connectivity index (χ4n) is 2.65. The summed E-state index contributed by atoms with van der Waals surface area (Å²) < 4.78 is 4.94. The van der Waals surface area contributed by atoms with E-state index in [1.165, 1.54) is 5.56 Å². The van der Waals surface area contributed by atoms with Crippen molar-refractivity contribution >= 4 is 17.6 Å². The van der Waals surface area contributed by atoms with Gasteiger partial charge in [-0.3, -0.25) is 9.59 Å². The van der Waals surface area contributed by atoms with Crippen molar-refractivity contribution in [2.75, 3.05) is 18.4 Å². The fraction of sp³-hybridized carbons (Fsp3) is 0.450. The van der Waals surface area contributed by atoms with Crippen LogP contribution in [-0.2, 0) is 11.2 Å². The first-order valence-electron chi connectivity index (χ1n) is 9.14. The summed E-state index contributed by atoms with van der Waals surface area (Å²) in [7, 11) is 0. The van der Waals surface area contributed by atoms with E-state index in [0.29, 0.717) is 23.7 Å². The molecule has 0 radical (unpaired) electrons. The van der Waals surface area contributed by atoms with E-state index >= 15 is 0 Å². The molecule has 0 saturated carbocycles. The largest absolute Gasteiger partial charge is 0.360 e. The molecule has 1 aromatic carbocycles. The number of amides is 2. The molecular weight excluding hydrogens is 330 g/mol. The van der Waals surface area contributed by atoms with E-state index in [-0.39, 0.29) is 18.4 Å². The average Bonchev–Trinajstić information content (AvgIpc) is 3.05. The normalized spacial score (nSPS) is 10.6. The Morgan fingerprint density at radius 3 is 2.46 bits per heavy atom. The smallest absolute Gasteiger partial charge is 0.254 e. The number of aromatic nitrogens is 1. The van der Waals surface area contributed by atoms with Gasteiger partial charge in [-0.2, -0.15) is 0 Å². The van der Waals surface area contributed by atoms with Crippen molar-refractivity contribution in [1.82, 2.24) is 10.1 Å². The number of nitrogens with one attached hydrogen (secondary N) is 1. The summed E-state index contributed by atoms with van der Waals surface area (Å²) in [5, 5.41) is 6.42. The van der Waals surface area contributed by atoms with Gasteiger partial charge >= 0.3 is 0 Å². The second kappa shape index (κ2) is 9.75. The summed E-state index contributed by atoms with van der Waals surface area (Å²) in [5.41, 5.74) is 1.78. The van der Waals surface area contributed by atoms with Crippen LogP contribution in [0.5, 0.6) is 0 Å². The van der Waals surface area contributed by atoms with Crippen LogP contribution in [0.1, 0.15) is 54.8 Å². The first kappa shape index (κ1) is 19.7. The van der Waals surface area contributed by atoms with Gasteiger partial charge in [0.2, 0.25) is 5.91 Å². The lowest BCUT2D eigenvalue weighted by atomic mass is 10.1. The molecule has 0 atom stereocenters. The van der Waals surface area contributed by atoms with Gasteiger partial charge in [-0.05, 0) is 37.5 Å². The van der Waals surface area contributed by atoms with Crippen molar-refractivity contribution in [3.63, 3.8) is 0 Å². The first-order valence-corrected chi connectivity index (χ1v) is 9.14. The summed E-state index contributed by atoms with van der Waals surface area (Å²) >= 11 is 0. The van der Waals surface area contributed by atoms with Crippen molar-refractivity contribution in [1.29, 1.82) is 0 Å². The Balaban J connectivity index is 2.05. The second-order valence-electron chi connectivity index (χ2n) is 6.36. The Hall–Kier alpha value is -2.63. The molecular formula is C20H27N3O3. The van der Waals surface area contributed by atoms with Crippen LogP contribution < -0.4 is 5.32 Å². The molecule has 6 heteroatoms. The summed E-state index contributed by atoms with van der Waals surface area (Å²) in [4.78, 5) is 26.8. The van der Waals surface area contributed by atoms with Gasteiger partial charge in [-0.25, -0.2) is 0 Å². The Morgan fingerprint density at radius 2 is 1.88 bits per heavy atom. The molecule has 1 heterocycles. The van der Waals surface area contributed by atoms with Gasteiger partial charge < -0.3 is 14.7 Å². The monoisotopic (exact) mass is 357 g/mol. The van der Waals surface area contributed by atoms with Crippen LogP contribution in [0.3, 0.4) is 0 Å². The number of carbonyl (C=O) groups excluding carboxylic acids is 2. The van der Waals surface area contributed by atoms with Gasteiger partial charge in [0.05, 0.1) is 0 Å². The molecule has 0 unspecified atom stereocenters. The molecule has 26 heavy (non-hydrogen) atoms. The number of unbranched alkanes of at least 4 members (excludes halogenated alkanes) is 2.